The summed E-state index contributed by atoms with van der Waals surface area (Å²) in [4.78, 5) is 4.16. The minimum Gasteiger partial charge on any atom is -0.340 e. The number of hydrogen-bond acceptors (Lipinski definition) is 1. The summed E-state index contributed by atoms with van der Waals surface area (Å²) < 4.78 is 2.15. The standard InChI is InChI=1S/C17H16Cl2N2Si/c1-22(13-21-11-10-20-12-21,16-6-2-14(18)3-7-16)17-8-4-15(19)5-9-17/h2-12H,13H2,1H3. The summed E-state index contributed by atoms with van der Waals surface area (Å²) in [5, 5.41) is 4.21. The molecule has 3 rings (SSSR count). The zero-order valence-corrected chi connectivity index (χ0v) is 14.7. The second-order valence-corrected chi connectivity index (χ2v) is 10.6. The predicted octanol–water partition coefficient (Wildman–Crippen LogP) is 3.62. The Labute approximate surface area is 141 Å². The van der Waals surface area contributed by atoms with Gasteiger partial charge in [-0.25, -0.2) is 4.98 Å². The van der Waals surface area contributed by atoms with Crippen molar-refractivity contribution in [3.05, 3.63) is 77.3 Å². The molecule has 0 N–H and O–H groups in total. The van der Waals surface area contributed by atoms with Gasteiger partial charge in [0.2, 0.25) is 0 Å². The van der Waals surface area contributed by atoms with Crippen molar-refractivity contribution in [2.24, 2.45) is 0 Å². The second-order valence-electron chi connectivity index (χ2n) is 5.58. The normalized spacial score (nSPS) is 11.6. The Balaban J connectivity index is 2.08. The lowest BCUT2D eigenvalue weighted by atomic mass is 10.4. The van der Waals surface area contributed by atoms with Crippen molar-refractivity contribution in [1.82, 2.24) is 9.55 Å². The maximum Gasteiger partial charge on any atom is 0.135 e. The first kappa shape index (κ1) is 15.3. The van der Waals surface area contributed by atoms with Crippen molar-refractivity contribution in [1.29, 1.82) is 0 Å². The summed E-state index contributed by atoms with van der Waals surface area (Å²) in [6, 6.07) is 16.4. The quantitative estimate of drug-likeness (QED) is 0.659. The minimum atomic E-state index is -1.95. The molecule has 0 fully saturated rings. The van der Waals surface area contributed by atoms with E-state index in [-0.39, 0.29) is 0 Å². The van der Waals surface area contributed by atoms with Crippen LogP contribution in [-0.4, -0.2) is 17.6 Å². The summed E-state index contributed by atoms with van der Waals surface area (Å²) in [5.74, 6) is 0. The van der Waals surface area contributed by atoms with E-state index in [1.165, 1.54) is 10.4 Å². The summed E-state index contributed by atoms with van der Waals surface area (Å²) >= 11 is 12.1. The SMILES string of the molecule is C[Si](Cn1ccnc1)(c1ccc(Cl)cc1)c1ccc(Cl)cc1. The van der Waals surface area contributed by atoms with Gasteiger partial charge in [0.15, 0.2) is 0 Å². The van der Waals surface area contributed by atoms with E-state index in [1.54, 1.807) is 0 Å². The van der Waals surface area contributed by atoms with Crippen LogP contribution in [0.15, 0.2) is 67.3 Å². The van der Waals surface area contributed by atoms with E-state index in [2.05, 4.69) is 40.4 Å². The van der Waals surface area contributed by atoms with Crippen molar-refractivity contribution >= 4 is 41.6 Å². The third-order valence-corrected chi connectivity index (χ3v) is 8.74. The molecular weight excluding hydrogens is 331 g/mol. The summed E-state index contributed by atoms with van der Waals surface area (Å²) in [6.45, 7) is 2.36. The molecule has 0 saturated carbocycles. The van der Waals surface area contributed by atoms with Gasteiger partial charge in [-0.1, -0.05) is 64.4 Å². The molecule has 0 aliphatic heterocycles. The molecule has 0 atom stereocenters. The van der Waals surface area contributed by atoms with Gasteiger partial charge in [0.1, 0.15) is 8.07 Å². The Morgan fingerprint density at radius 2 is 1.41 bits per heavy atom. The molecule has 5 heteroatoms. The molecule has 22 heavy (non-hydrogen) atoms. The number of rotatable bonds is 4. The molecule has 3 aromatic rings. The number of hydrogen-bond donors (Lipinski definition) is 0. The van der Waals surface area contributed by atoms with Crippen LogP contribution < -0.4 is 10.4 Å². The van der Waals surface area contributed by atoms with Crippen molar-refractivity contribution in [3.8, 4) is 0 Å². The molecule has 2 aromatic carbocycles. The van der Waals surface area contributed by atoms with E-state index in [4.69, 9.17) is 23.2 Å². The molecule has 1 aromatic heterocycles. The number of imidazole rings is 1. The van der Waals surface area contributed by atoms with Crippen LogP contribution >= 0.6 is 23.2 Å². The van der Waals surface area contributed by atoms with Crippen LogP contribution in [0.3, 0.4) is 0 Å². The van der Waals surface area contributed by atoms with Crippen LogP contribution in [0.4, 0.5) is 0 Å². The number of nitrogens with zero attached hydrogens (tertiary/aromatic N) is 2. The van der Waals surface area contributed by atoms with Gasteiger partial charge in [0.05, 0.1) is 6.33 Å². The number of halogens is 2. The van der Waals surface area contributed by atoms with E-state index in [0.29, 0.717) is 0 Å². The molecule has 0 saturated heterocycles. The van der Waals surface area contributed by atoms with Crippen LogP contribution in [0, 0.1) is 0 Å². The summed E-state index contributed by atoms with van der Waals surface area (Å²) in [6.07, 6.45) is 6.63. The smallest absolute Gasteiger partial charge is 0.135 e. The van der Waals surface area contributed by atoms with Gasteiger partial charge >= 0.3 is 0 Å². The Morgan fingerprint density at radius 1 is 0.909 bits per heavy atom. The predicted molar refractivity (Wildman–Crippen MR) is 96.0 cm³/mol. The molecule has 112 valence electrons. The lowest BCUT2D eigenvalue weighted by molar-refractivity contribution is 0.858. The third-order valence-electron chi connectivity index (χ3n) is 4.02. The molecule has 0 amide bonds. The van der Waals surface area contributed by atoms with Gasteiger partial charge in [-0.05, 0) is 24.3 Å². The van der Waals surface area contributed by atoms with E-state index in [1.807, 2.05) is 43.0 Å². The lowest BCUT2D eigenvalue weighted by Crippen LogP contribution is -2.58. The Morgan fingerprint density at radius 3 is 1.82 bits per heavy atom. The summed E-state index contributed by atoms with van der Waals surface area (Å²) in [7, 11) is -1.95. The zero-order valence-electron chi connectivity index (χ0n) is 12.2. The Kier molecular flexibility index (Phi) is 4.38. The minimum absolute atomic E-state index is 0.763. The van der Waals surface area contributed by atoms with Crippen molar-refractivity contribution in [2.75, 3.05) is 0 Å². The van der Waals surface area contributed by atoms with Crippen molar-refractivity contribution in [2.45, 2.75) is 12.7 Å². The van der Waals surface area contributed by atoms with Crippen molar-refractivity contribution < 1.29 is 0 Å². The van der Waals surface area contributed by atoms with Crippen LogP contribution in [-0.2, 0) is 6.17 Å². The molecule has 2 nitrogen and oxygen atoms in total. The first-order chi connectivity index (χ1) is 10.6. The highest BCUT2D eigenvalue weighted by atomic mass is 35.5. The maximum absolute atomic E-state index is 6.05. The first-order valence-corrected chi connectivity index (χ1v) is 10.5. The van der Waals surface area contributed by atoms with Crippen molar-refractivity contribution in [3.63, 3.8) is 0 Å². The molecule has 0 radical (unpaired) electrons. The first-order valence-electron chi connectivity index (χ1n) is 7.06. The van der Waals surface area contributed by atoms with Crippen LogP contribution in [0.1, 0.15) is 0 Å². The van der Waals surface area contributed by atoms with Gasteiger partial charge in [-0.2, -0.15) is 0 Å². The van der Waals surface area contributed by atoms with Gasteiger partial charge in [-0.3, -0.25) is 0 Å². The fourth-order valence-corrected chi connectivity index (χ4v) is 6.40. The van der Waals surface area contributed by atoms with Crippen LogP contribution in [0.2, 0.25) is 16.6 Å². The summed E-state index contributed by atoms with van der Waals surface area (Å²) in [5.41, 5.74) is 0. The van der Waals surface area contributed by atoms with Crippen LogP contribution in [0.25, 0.3) is 0 Å². The molecule has 0 unspecified atom stereocenters. The zero-order chi connectivity index (χ0) is 15.6. The highest BCUT2D eigenvalue weighted by Gasteiger charge is 2.32. The van der Waals surface area contributed by atoms with Gasteiger partial charge in [0.25, 0.3) is 0 Å². The molecule has 0 aliphatic rings. The monoisotopic (exact) mass is 346 g/mol. The van der Waals surface area contributed by atoms with Gasteiger partial charge < -0.3 is 4.57 Å². The van der Waals surface area contributed by atoms with E-state index < -0.39 is 8.07 Å². The average Bonchev–Trinajstić information content (AvgIpc) is 3.01. The molecule has 1 heterocycles. The Bertz CT molecular complexity index is 692. The molecule has 0 aliphatic carbocycles. The third kappa shape index (κ3) is 3.12. The average molecular weight is 347 g/mol. The topological polar surface area (TPSA) is 17.8 Å². The second kappa shape index (κ2) is 6.29. The van der Waals surface area contributed by atoms with E-state index >= 15 is 0 Å². The van der Waals surface area contributed by atoms with E-state index in [0.717, 1.165) is 16.2 Å². The van der Waals surface area contributed by atoms with Gasteiger partial charge in [0, 0.05) is 28.6 Å². The highest BCUT2D eigenvalue weighted by Crippen LogP contribution is 2.14. The number of benzene rings is 2. The molecule has 0 spiro atoms. The fourth-order valence-electron chi connectivity index (χ4n) is 2.73. The van der Waals surface area contributed by atoms with E-state index in [9.17, 15) is 0 Å². The maximum atomic E-state index is 6.05. The Hall–Kier alpha value is -1.55. The largest absolute Gasteiger partial charge is 0.340 e. The number of aromatic nitrogens is 2. The molecule has 0 bridgehead atoms. The molecular formula is C17H16Cl2N2Si. The highest BCUT2D eigenvalue weighted by molar-refractivity contribution is 7.00. The lowest BCUT2D eigenvalue weighted by Gasteiger charge is -2.29. The fraction of sp³-hybridized carbons (Fsp3) is 0.118. The van der Waals surface area contributed by atoms with Crippen LogP contribution in [0.5, 0.6) is 0 Å². The van der Waals surface area contributed by atoms with Gasteiger partial charge in [-0.15, -0.1) is 0 Å².